The smallest absolute Gasteiger partial charge is 0.251 e. The number of nitrogens with zero attached hydrogens (tertiary/aromatic N) is 2. The van der Waals surface area contributed by atoms with Crippen LogP contribution in [0.3, 0.4) is 0 Å². The lowest BCUT2D eigenvalue weighted by Gasteiger charge is -2.20. The highest BCUT2D eigenvalue weighted by Gasteiger charge is 2.31. The van der Waals surface area contributed by atoms with Crippen molar-refractivity contribution in [1.82, 2.24) is 10.1 Å². The fourth-order valence-corrected chi connectivity index (χ4v) is 1.94. The topological polar surface area (TPSA) is 74.2 Å². The molecular weight excluding hydrogens is 242 g/mol. The largest absolute Gasteiger partial charge is 0.373 e. The zero-order valence-electron chi connectivity index (χ0n) is 11.5. The third kappa shape index (κ3) is 2.67. The van der Waals surface area contributed by atoms with Crippen LogP contribution in [0, 0.1) is 0 Å². The molecule has 0 radical (unpaired) electrons. The lowest BCUT2D eigenvalue weighted by molar-refractivity contribution is 0.0903. The second-order valence-corrected chi connectivity index (χ2v) is 4.66. The third-order valence-corrected chi connectivity index (χ3v) is 3.20. The normalized spacial score (nSPS) is 16.0. The molecule has 0 fully saturated rings. The predicted molar refractivity (Wildman–Crippen MR) is 71.4 cm³/mol. The van der Waals surface area contributed by atoms with Gasteiger partial charge in [0, 0.05) is 7.11 Å². The molecule has 0 saturated heterocycles. The number of hydrogen-bond donors (Lipinski definition) is 1. The summed E-state index contributed by atoms with van der Waals surface area (Å²) < 4.78 is 10.6. The lowest BCUT2D eigenvalue weighted by Crippen LogP contribution is -2.34. The van der Waals surface area contributed by atoms with Crippen LogP contribution in [-0.4, -0.2) is 17.3 Å². The van der Waals surface area contributed by atoms with Crippen molar-refractivity contribution in [1.29, 1.82) is 0 Å². The van der Waals surface area contributed by atoms with Gasteiger partial charge in [-0.15, -0.1) is 0 Å². The number of methoxy groups -OCH3 is 1. The minimum absolute atomic E-state index is 0.163. The Morgan fingerprint density at radius 2 is 2.05 bits per heavy atom. The van der Waals surface area contributed by atoms with E-state index in [1.54, 1.807) is 7.11 Å². The van der Waals surface area contributed by atoms with Crippen LogP contribution in [0.5, 0.6) is 0 Å². The molecule has 2 N–H and O–H groups in total. The highest BCUT2D eigenvalue weighted by atomic mass is 16.5. The number of ether oxygens (including phenoxy) is 1. The van der Waals surface area contributed by atoms with Gasteiger partial charge in [-0.3, -0.25) is 0 Å². The number of benzene rings is 1. The molecule has 0 aliphatic rings. The molecule has 5 nitrogen and oxygen atoms in total. The highest BCUT2D eigenvalue weighted by molar-refractivity contribution is 5.28. The fourth-order valence-electron chi connectivity index (χ4n) is 1.94. The molecule has 0 aliphatic carbocycles. The average Bonchev–Trinajstić information content (AvgIpc) is 2.92. The van der Waals surface area contributed by atoms with Crippen molar-refractivity contribution in [2.75, 3.05) is 7.11 Å². The first kappa shape index (κ1) is 13.7. The summed E-state index contributed by atoms with van der Waals surface area (Å²) in [6.07, 6.45) is 0.617. The van der Waals surface area contributed by atoms with Gasteiger partial charge in [-0.25, -0.2) is 0 Å². The molecule has 0 saturated carbocycles. The summed E-state index contributed by atoms with van der Waals surface area (Å²) >= 11 is 0. The summed E-state index contributed by atoms with van der Waals surface area (Å²) in [7, 11) is 1.63. The van der Waals surface area contributed by atoms with Crippen LogP contribution in [0.15, 0.2) is 34.9 Å². The van der Waals surface area contributed by atoms with E-state index in [2.05, 4.69) is 10.1 Å². The van der Waals surface area contributed by atoms with E-state index in [0.717, 1.165) is 12.0 Å². The number of hydrogen-bond acceptors (Lipinski definition) is 5. The maximum Gasteiger partial charge on any atom is 0.251 e. The van der Waals surface area contributed by atoms with Crippen molar-refractivity contribution in [2.24, 2.45) is 5.73 Å². The van der Waals surface area contributed by atoms with Crippen molar-refractivity contribution in [3.63, 3.8) is 0 Å². The standard InChI is InChI=1S/C14H19N3O2/c1-4-11(18-3)12-16-13(19-17-12)14(2,15)10-8-6-5-7-9-10/h5-9,11H,4,15H2,1-3H3. The van der Waals surface area contributed by atoms with Gasteiger partial charge in [0.15, 0.2) is 0 Å². The number of aromatic nitrogens is 2. The van der Waals surface area contributed by atoms with Crippen LogP contribution in [-0.2, 0) is 10.3 Å². The summed E-state index contributed by atoms with van der Waals surface area (Å²) in [6.45, 7) is 3.86. The van der Waals surface area contributed by atoms with Crippen LogP contribution < -0.4 is 5.73 Å². The van der Waals surface area contributed by atoms with E-state index in [4.69, 9.17) is 15.0 Å². The van der Waals surface area contributed by atoms with Crippen LogP contribution in [0.25, 0.3) is 0 Å². The van der Waals surface area contributed by atoms with Crippen LogP contribution in [0.1, 0.15) is 43.7 Å². The molecule has 2 unspecified atom stereocenters. The molecule has 0 amide bonds. The molecule has 5 heteroatoms. The van der Waals surface area contributed by atoms with Crippen molar-refractivity contribution in [3.05, 3.63) is 47.6 Å². The number of rotatable bonds is 5. The minimum atomic E-state index is -0.807. The van der Waals surface area contributed by atoms with E-state index in [9.17, 15) is 0 Å². The Hall–Kier alpha value is -1.72. The maximum atomic E-state index is 6.32. The summed E-state index contributed by atoms with van der Waals surface area (Å²) in [6, 6.07) is 9.69. The Labute approximate surface area is 112 Å². The average molecular weight is 261 g/mol. The van der Waals surface area contributed by atoms with Gasteiger partial charge in [-0.2, -0.15) is 4.98 Å². The summed E-state index contributed by atoms with van der Waals surface area (Å²) in [4.78, 5) is 4.37. The molecule has 0 bridgehead atoms. The predicted octanol–water partition coefficient (Wildman–Crippen LogP) is 2.39. The first-order valence-electron chi connectivity index (χ1n) is 6.30. The van der Waals surface area contributed by atoms with Gasteiger partial charge in [-0.1, -0.05) is 42.4 Å². The second-order valence-electron chi connectivity index (χ2n) is 4.66. The van der Waals surface area contributed by atoms with E-state index >= 15 is 0 Å². The molecule has 0 spiro atoms. The van der Waals surface area contributed by atoms with Crippen molar-refractivity contribution in [2.45, 2.75) is 31.9 Å². The molecule has 19 heavy (non-hydrogen) atoms. The first-order valence-corrected chi connectivity index (χ1v) is 6.30. The van der Waals surface area contributed by atoms with E-state index in [-0.39, 0.29) is 6.10 Å². The van der Waals surface area contributed by atoms with Gasteiger partial charge in [0.2, 0.25) is 5.82 Å². The molecule has 1 heterocycles. The van der Waals surface area contributed by atoms with Crippen LogP contribution >= 0.6 is 0 Å². The Morgan fingerprint density at radius 1 is 1.37 bits per heavy atom. The van der Waals surface area contributed by atoms with Gasteiger partial charge in [-0.05, 0) is 18.9 Å². The molecule has 1 aromatic carbocycles. The molecule has 0 aliphatic heterocycles. The highest BCUT2D eigenvalue weighted by Crippen LogP contribution is 2.26. The lowest BCUT2D eigenvalue weighted by atomic mass is 9.93. The zero-order chi connectivity index (χ0) is 13.9. The Kier molecular flexibility index (Phi) is 3.97. The molecule has 2 aromatic rings. The van der Waals surface area contributed by atoms with Gasteiger partial charge in [0.1, 0.15) is 11.6 Å². The Balaban J connectivity index is 2.32. The summed E-state index contributed by atoms with van der Waals surface area (Å²) in [5, 5.41) is 3.96. The fraction of sp³-hybridized carbons (Fsp3) is 0.429. The van der Waals surface area contributed by atoms with E-state index in [0.29, 0.717) is 11.7 Å². The molecule has 2 atom stereocenters. The van der Waals surface area contributed by atoms with Crippen LogP contribution in [0.2, 0.25) is 0 Å². The third-order valence-electron chi connectivity index (χ3n) is 3.20. The van der Waals surface area contributed by atoms with E-state index in [1.807, 2.05) is 44.2 Å². The SMILES string of the molecule is CCC(OC)c1noc(C(C)(N)c2ccccc2)n1. The second kappa shape index (κ2) is 5.50. The van der Waals surface area contributed by atoms with Crippen molar-refractivity contribution >= 4 is 0 Å². The quantitative estimate of drug-likeness (QED) is 0.894. The first-order chi connectivity index (χ1) is 9.09. The molecule has 1 aromatic heterocycles. The summed E-state index contributed by atoms with van der Waals surface area (Å²) in [5.41, 5.74) is 6.44. The van der Waals surface area contributed by atoms with E-state index < -0.39 is 5.54 Å². The minimum Gasteiger partial charge on any atom is -0.373 e. The zero-order valence-corrected chi connectivity index (χ0v) is 11.5. The molecular formula is C14H19N3O2. The van der Waals surface area contributed by atoms with Gasteiger partial charge in [0.05, 0.1) is 0 Å². The Bertz CT molecular complexity index is 518. The van der Waals surface area contributed by atoms with Crippen molar-refractivity contribution < 1.29 is 9.26 Å². The molecule has 102 valence electrons. The van der Waals surface area contributed by atoms with Gasteiger partial charge in [0.25, 0.3) is 5.89 Å². The molecule has 2 rings (SSSR count). The van der Waals surface area contributed by atoms with E-state index in [1.165, 1.54) is 0 Å². The maximum absolute atomic E-state index is 6.32. The number of nitrogens with two attached hydrogens (primary N) is 1. The van der Waals surface area contributed by atoms with Gasteiger partial charge < -0.3 is 15.0 Å². The Morgan fingerprint density at radius 3 is 2.63 bits per heavy atom. The van der Waals surface area contributed by atoms with Crippen LogP contribution in [0.4, 0.5) is 0 Å². The van der Waals surface area contributed by atoms with Crippen molar-refractivity contribution in [3.8, 4) is 0 Å². The summed E-state index contributed by atoms with van der Waals surface area (Å²) in [5.74, 6) is 0.928. The van der Waals surface area contributed by atoms with Gasteiger partial charge >= 0.3 is 0 Å². The monoisotopic (exact) mass is 261 g/mol.